The Bertz CT molecular complexity index is 243. The molecule has 0 aromatic rings. The average Bonchev–Trinajstić information content (AvgIpc) is 1.84. The zero-order valence-electron chi connectivity index (χ0n) is 5.94. The van der Waals surface area contributed by atoms with Gasteiger partial charge in [-0.05, 0) is 0 Å². The molecule has 0 spiro atoms. The molecule has 6 heteroatoms. The molecule has 68 valence electrons. The highest BCUT2D eigenvalue weighted by atomic mass is 79.9. The van der Waals surface area contributed by atoms with Gasteiger partial charge in [-0.15, -0.1) is 34.0 Å². The van der Waals surface area contributed by atoms with E-state index < -0.39 is 11.6 Å². The van der Waals surface area contributed by atoms with Crippen LogP contribution in [-0.2, 0) is 9.59 Å². The molecule has 0 fully saturated rings. The van der Waals surface area contributed by atoms with E-state index in [1.54, 1.807) is 0 Å². The first-order valence-corrected chi connectivity index (χ1v) is 2.64. The molecule has 12 heavy (non-hydrogen) atoms. The van der Waals surface area contributed by atoms with Crippen molar-refractivity contribution < 1.29 is 9.59 Å². The Morgan fingerprint density at radius 2 is 1.08 bits per heavy atom. The molecule has 0 heterocycles. The molecular weight excluding hydrogens is 292 g/mol. The summed E-state index contributed by atoms with van der Waals surface area (Å²) in [6.45, 7) is 0. The summed E-state index contributed by atoms with van der Waals surface area (Å²) in [6, 6.07) is 0. The van der Waals surface area contributed by atoms with Crippen LogP contribution < -0.4 is 11.5 Å². The van der Waals surface area contributed by atoms with Crippen LogP contribution in [0.25, 0.3) is 0 Å². The molecule has 0 saturated heterocycles. The summed E-state index contributed by atoms with van der Waals surface area (Å²) in [5, 5.41) is 0. The molecule has 0 atom stereocenters. The van der Waals surface area contributed by atoms with Crippen LogP contribution in [0.1, 0.15) is 0 Å². The Morgan fingerprint density at radius 3 is 1.33 bits per heavy atom. The van der Waals surface area contributed by atoms with E-state index in [0.29, 0.717) is 0 Å². The van der Waals surface area contributed by atoms with E-state index >= 15 is 0 Å². The predicted octanol–water partition coefficient (Wildman–Crippen LogP) is -0.0208. The second-order valence-corrected chi connectivity index (χ2v) is 1.93. The number of ketones is 2. The predicted molar refractivity (Wildman–Crippen MR) is 55.2 cm³/mol. The fraction of sp³-hybridized carbons (Fsp3) is 0. The third-order valence-corrected chi connectivity index (χ3v) is 1.14. The molecule has 0 radical (unpaired) electrons. The first-order valence-electron chi connectivity index (χ1n) is 2.64. The maximum absolute atomic E-state index is 10.6. The fourth-order valence-electron chi connectivity index (χ4n) is 0.591. The first kappa shape index (κ1) is 13.9. The topological polar surface area (TPSA) is 86.2 Å². The van der Waals surface area contributed by atoms with E-state index in [-0.39, 0.29) is 45.4 Å². The minimum atomic E-state index is -0.405. The fourth-order valence-corrected chi connectivity index (χ4v) is 0.591. The molecule has 4 N–H and O–H groups in total. The molecule has 1 aliphatic rings. The molecule has 0 bridgehead atoms. The van der Waals surface area contributed by atoms with Gasteiger partial charge in [0.15, 0.2) is 0 Å². The normalized spacial score (nSPS) is 15.3. The second kappa shape index (κ2) is 5.10. The number of halogens is 2. The molecule has 0 amide bonds. The van der Waals surface area contributed by atoms with Crippen molar-refractivity contribution >= 4 is 45.5 Å². The highest BCUT2D eigenvalue weighted by Crippen LogP contribution is 2.02. The Labute approximate surface area is 90.2 Å². The largest absolute Gasteiger partial charge is 0.395 e. The lowest BCUT2D eigenvalue weighted by molar-refractivity contribution is -0.115. The number of rotatable bonds is 0. The zero-order valence-corrected chi connectivity index (χ0v) is 9.37. The molecule has 1 rings (SSSR count). The van der Waals surface area contributed by atoms with Crippen molar-refractivity contribution in [2.75, 3.05) is 0 Å². The van der Waals surface area contributed by atoms with Gasteiger partial charge in [0.05, 0.1) is 11.4 Å². The van der Waals surface area contributed by atoms with Gasteiger partial charge in [0, 0.05) is 12.2 Å². The van der Waals surface area contributed by atoms with Crippen molar-refractivity contribution in [2.24, 2.45) is 11.5 Å². The van der Waals surface area contributed by atoms with Crippen LogP contribution in [0, 0.1) is 0 Å². The Balaban J connectivity index is 0. The van der Waals surface area contributed by atoms with Crippen LogP contribution in [0.3, 0.4) is 0 Å². The Kier molecular flexibility index (Phi) is 5.92. The van der Waals surface area contributed by atoms with E-state index in [1.807, 2.05) is 0 Å². The quantitative estimate of drug-likeness (QED) is 0.616. The van der Waals surface area contributed by atoms with Crippen LogP contribution in [0.15, 0.2) is 23.5 Å². The van der Waals surface area contributed by atoms with E-state index in [0.717, 1.165) is 12.2 Å². The summed E-state index contributed by atoms with van der Waals surface area (Å²) in [6.07, 6.45) is 2.05. The van der Waals surface area contributed by atoms with Crippen molar-refractivity contribution in [3.05, 3.63) is 23.5 Å². The second-order valence-electron chi connectivity index (χ2n) is 1.93. The summed E-state index contributed by atoms with van der Waals surface area (Å²) in [4.78, 5) is 21.3. The van der Waals surface area contributed by atoms with Gasteiger partial charge in [-0.2, -0.15) is 0 Å². The van der Waals surface area contributed by atoms with Crippen molar-refractivity contribution in [3.63, 3.8) is 0 Å². The number of hydrogen-bond donors (Lipinski definition) is 2. The smallest absolute Gasteiger partial charge is 0.203 e. The SMILES string of the molecule is Br.Br.NC1=CC(=O)C(N)=CC1=O. The summed E-state index contributed by atoms with van der Waals surface area (Å²) in [5.41, 5.74) is 10.1. The standard InChI is InChI=1S/C6H6N2O2.2BrH/c7-3-1-5(9)4(8)2-6(3)10;;/h1-2H,7-8H2;2*1H. The Morgan fingerprint density at radius 1 is 0.833 bits per heavy atom. The highest BCUT2D eigenvalue weighted by molar-refractivity contribution is 8.93. The summed E-state index contributed by atoms with van der Waals surface area (Å²) in [7, 11) is 0. The molecule has 4 nitrogen and oxygen atoms in total. The molecule has 0 aliphatic heterocycles. The van der Waals surface area contributed by atoms with Crippen LogP contribution in [0.2, 0.25) is 0 Å². The van der Waals surface area contributed by atoms with E-state index in [4.69, 9.17) is 11.5 Å². The molecule has 0 aromatic carbocycles. The third-order valence-electron chi connectivity index (χ3n) is 1.14. The molecule has 0 saturated carbocycles. The number of carbonyl (C=O) groups excluding carboxylic acids is 2. The molecule has 0 unspecified atom stereocenters. The van der Waals surface area contributed by atoms with Crippen LogP contribution >= 0.6 is 34.0 Å². The van der Waals surface area contributed by atoms with Gasteiger partial charge < -0.3 is 11.5 Å². The third kappa shape index (κ3) is 2.78. The van der Waals surface area contributed by atoms with Gasteiger partial charge >= 0.3 is 0 Å². The Hall–Kier alpha value is -0.620. The van der Waals surface area contributed by atoms with Crippen molar-refractivity contribution in [2.45, 2.75) is 0 Å². The van der Waals surface area contributed by atoms with Crippen LogP contribution in [-0.4, -0.2) is 11.6 Å². The van der Waals surface area contributed by atoms with Gasteiger partial charge in [-0.1, -0.05) is 0 Å². The maximum atomic E-state index is 10.6. The van der Waals surface area contributed by atoms with E-state index in [1.165, 1.54) is 0 Å². The monoisotopic (exact) mass is 298 g/mol. The maximum Gasteiger partial charge on any atom is 0.203 e. The van der Waals surface area contributed by atoms with E-state index in [9.17, 15) is 9.59 Å². The minimum absolute atomic E-state index is 0. The minimum Gasteiger partial charge on any atom is -0.395 e. The summed E-state index contributed by atoms with van der Waals surface area (Å²) in [5.74, 6) is -0.811. The molecular formula is C6H8Br2N2O2. The lowest BCUT2D eigenvalue weighted by Gasteiger charge is -2.02. The summed E-state index contributed by atoms with van der Waals surface area (Å²) < 4.78 is 0. The average molecular weight is 300 g/mol. The zero-order chi connectivity index (χ0) is 7.72. The van der Waals surface area contributed by atoms with Crippen molar-refractivity contribution in [3.8, 4) is 0 Å². The van der Waals surface area contributed by atoms with Crippen molar-refractivity contribution in [1.82, 2.24) is 0 Å². The first-order chi connectivity index (χ1) is 4.61. The number of nitrogens with two attached hydrogens (primary N) is 2. The molecule has 1 aliphatic carbocycles. The number of allylic oxidation sites excluding steroid dienone is 2. The van der Waals surface area contributed by atoms with Crippen LogP contribution in [0.4, 0.5) is 0 Å². The van der Waals surface area contributed by atoms with Gasteiger partial charge in [0.25, 0.3) is 0 Å². The molecule has 0 aromatic heterocycles. The van der Waals surface area contributed by atoms with Gasteiger partial charge in [0.1, 0.15) is 0 Å². The van der Waals surface area contributed by atoms with Crippen LogP contribution in [0.5, 0.6) is 0 Å². The van der Waals surface area contributed by atoms with E-state index in [2.05, 4.69) is 0 Å². The van der Waals surface area contributed by atoms with Gasteiger partial charge in [-0.3, -0.25) is 9.59 Å². The lowest BCUT2D eigenvalue weighted by atomic mass is 10.1. The lowest BCUT2D eigenvalue weighted by Crippen LogP contribution is -2.21. The van der Waals surface area contributed by atoms with Crippen molar-refractivity contribution in [1.29, 1.82) is 0 Å². The summed E-state index contributed by atoms with van der Waals surface area (Å²) >= 11 is 0. The number of hydrogen-bond acceptors (Lipinski definition) is 4. The number of carbonyl (C=O) groups is 2. The van der Waals surface area contributed by atoms with Gasteiger partial charge in [0.2, 0.25) is 11.6 Å². The highest BCUT2D eigenvalue weighted by Gasteiger charge is 2.14. The van der Waals surface area contributed by atoms with Gasteiger partial charge in [-0.25, -0.2) is 0 Å².